The van der Waals surface area contributed by atoms with E-state index in [-0.39, 0.29) is 43.6 Å². The topological polar surface area (TPSA) is 165 Å². The van der Waals surface area contributed by atoms with Crippen LogP contribution in [0.1, 0.15) is 58.9 Å². The molecule has 4 amide bonds. The van der Waals surface area contributed by atoms with Gasteiger partial charge in [0.1, 0.15) is 19.0 Å². The Hall–Kier alpha value is -4.30. The highest BCUT2D eigenvalue weighted by atomic mass is 16.6. The van der Waals surface area contributed by atoms with E-state index in [0.717, 1.165) is 12.0 Å². The number of nitrogens with one attached hydrogen (secondary N) is 3. The minimum Gasteiger partial charge on any atom is -0.491 e. The monoisotopic (exact) mass is 654 g/mol. The zero-order valence-electron chi connectivity index (χ0n) is 27.0. The maximum absolute atomic E-state index is 13.2. The fourth-order valence-corrected chi connectivity index (χ4v) is 4.78. The zero-order chi connectivity index (χ0) is 33.9. The Bertz CT molecular complexity index is 1320. The lowest BCUT2D eigenvalue weighted by atomic mass is 10.1. The Kier molecular flexibility index (Phi) is 16.4. The number of hydrogen-bond acceptors (Lipinski definition) is 10. The van der Waals surface area contributed by atoms with Crippen LogP contribution in [0.15, 0.2) is 54.7 Å². The van der Waals surface area contributed by atoms with E-state index in [9.17, 15) is 19.2 Å². The molecular formula is C34H46N4O9. The van der Waals surface area contributed by atoms with Crippen LogP contribution in [0.5, 0.6) is 5.75 Å². The molecule has 4 N–H and O–H groups in total. The number of hydrogen-bond donors (Lipinski definition) is 4. The van der Waals surface area contributed by atoms with Crippen molar-refractivity contribution in [3.63, 3.8) is 0 Å². The molecule has 256 valence electrons. The molecule has 13 heteroatoms. The summed E-state index contributed by atoms with van der Waals surface area (Å²) in [4.78, 5) is 50.1. The SMILES string of the molecule is C=C(CCC(C)N1C(=O)c2cccc(NCCCCNC(=O)COCCOCCOCCOc3ccc(CO)cc3)c2C1=O)NC=O. The quantitative estimate of drug-likeness (QED) is 0.0711. The van der Waals surface area contributed by atoms with E-state index in [1.54, 1.807) is 49.4 Å². The van der Waals surface area contributed by atoms with Crippen LogP contribution in [-0.2, 0) is 30.4 Å². The highest BCUT2D eigenvalue weighted by Crippen LogP contribution is 2.31. The van der Waals surface area contributed by atoms with Crippen molar-refractivity contribution in [2.24, 2.45) is 0 Å². The van der Waals surface area contributed by atoms with Gasteiger partial charge < -0.3 is 40.0 Å². The number of amides is 4. The van der Waals surface area contributed by atoms with Crippen molar-refractivity contribution in [3.05, 3.63) is 71.4 Å². The van der Waals surface area contributed by atoms with Crippen LogP contribution >= 0.6 is 0 Å². The highest BCUT2D eigenvalue weighted by Gasteiger charge is 2.39. The Balaban J connectivity index is 1.19. The van der Waals surface area contributed by atoms with Gasteiger partial charge in [-0.05, 0) is 62.4 Å². The summed E-state index contributed by atoms with van der Waals surface area (Å²) in [6.45, 7) is 8.83. The number of nitrogens with zero attached hydrogens (tertiary/aromatic N) is 1. The largest absolute Gasteiger partial charge is 0.491 e. The number of carbonyl (C=O) groups is 4. The van der Waals surface area contributed by atoms with Gasteiger partial charge in [0.15, 0.2) is 0 Å². The number of ether oxygens (including phenoxy) is 4. The summed E-state index contributed by atoms with van der Waals surface area (Å²) >= 11 is 0. The molecule has 0 fully saturated rings. The second-order valence-corrected chi connectivity index (χ2v) is 10.9. The molecule has 0 bridgehead atoms. The van der Waals surface area contributed by atoms with Gasteiger partial charge in [-0.25, -0.2) is 0 Å². The summed E-state index contributed by atoms with van der Waals surface area (Å²) in [5, 5.41) is 17.6. The summed E-state index contributed by atoms with van der Waals surface area (Å²) in [7, 11) is 0. The van der Waals surface area contributed by atoms with Gasteiger partial charge in [0.05, 0.1) is 50.8 Å². The number of anilines is 1. The van der Waals surface area contributed by atoms with E-state index in [0.29, 0.717) is 100 Å². The molecule has 0 saturated heterocycles. The van der Waals surface area contributed by atoms with Crippen molar-refractivity contribution in [2.75, 3.05) is 64.7 Å². The third kappa shape index (κ3) is 12.4. The van der Waals surface area contributed by atoms with Crippen LogP contribution in [0.25, 0.3) is 0 Å². The van der Waals surface area contributed by atoms with E-state index in [1.165, 1.54) is 4.90 Å². The van der Waals surface area contributed by atoms with Crippen LogP contribution in [0.2, 0.25) is 0 Å². The van der Waals surface area contributed by atoms with E-state index in [4.69, 9.17) is 24.1 Å². The summed E-state index contributed by atoms with van der Waals surface area (Å²) < 4.78 is 21.8. The maximum atomic E-state index is 13.2. The Morgan fingerprint density at radius 2 is 1.62 bits per heavy atom. The number of imide groups is 1. The molecule has 1 aliphatic rings. The van der Waals surface area contributed by atoms with E-state index in [1.807, 2.05) is 0 Å². The van der Waals surface area contributed by atoms with Gasteiger partial charge in [-0.2, -0.15) is 0 Å². The first-order chi connectivity index (χ1) is 22.8. The fourth-order valence-electron chi connectivity index (χ4n) is 4.78. The lowest BCUT2D eigenvalue weighted by Crippen LogP contribution is -2.38. The lowest BCUT2D eigenvalue weighted by Gasteiger charge is -2.22. The molecule has 0 radical (unpaired) electrons. The zero-order valence-corrected chi connectivity index (χ0v) is 27.0. The van der Waals surface area contributed by atoms with Crippen molar-refractivity contribution in [1.82, 2.24) is 15.5 Å². The smallest absolute Gasteiger partial charge is 0.263 e. The maximum Gasteiger partial charge on any atom is 0.263 e. The minimum absolute atomic E-state index is 0.000539. The number of carbonyl (C=O) groups excluding carboxylic acids is 4. The summed E-state index contributed by atoms with van der Waals surface area (Å²) in [5.74, 6) is -0.170. The number of benzene rings is 2. The highest BCUT2D eigenvalue weighted by molar-refractivity contribution is 6.23. The van der Waals surface area contributed by atoms with E-state index in [2.05, 4.69) is 22.5 Å². The number of allylic oxidation sites excluding steroid dienone is 1. The summed E-state index contributed by atoms with van der Waals surface area (Å²) in [5.41, 5.74) is 2.69. The van der Waals surface area contributed by atoms with E-state index < -0.39 is 0 Å². The van der Waals surface area contributed by atoms with Crippen molar-refractivity contribution in [3.8, 4) is 5.75 Å². The normalized spacial score (nSPS) is 12.9. The minimum atomic E-state index is -0.360. The van der Waals surface area contributed by atoms with Gasteiger partial charge in [-0.3, -0.25) is 24.1 Å². The molecule has 3 rings (SSSR count). The number of fused-ring (bicyclic) bond motifs is 1. The number of aliphatic hydroxyl groups is 1. The molecule has 1 unspecified atom stereocenters. The Morgan fingerprint density at radius 3 is 2.32 bits per heavy atom. The standard InChI is InChI=1S/C34H46N4O9/c1-25(37-24-40)8-9-26(2)38-33(42)29-6-5-7-30(32(29)34(38)43)35-14-3-4-15-36-31(41)23-46-19-18-44-16-17-45-20-21-47-28-12-10-27(22-39)11-13-28/h5-7,10-13,24,26,35,39H,1,3-4,8-9,14-23H2,2H3,(H,36,41)(H,37,40). The summed E-state index contributed by atoms with van der Waals surface area (Å²) in [6, 6.07) is 12.0. The van der Waals surface area contributed by atoms with Crippen molar-refractivity contribution >= 4 is 29.8 Å². The van der Waals surface area contributed by atoms with Gasteiger partial charge in [-0.1, -0.05) is 24.8 Å². The number of rotatable bonds is 25. The number of unbranched alkanes of at least 4 members (excludes halogenated alkanes) is 1. The molecule has 1 heterocycles. The predicted octanol–water partition coefficient (Wildman–Crippen LogP) is 2.64. The lowest BCUT2D eigenvalue weighted by molar-refractivity contribution is -0.126. The Morgan fingerprint density at radius 1 is 0.936 bits per heavy atom. The molecule has 0 spiro atoms. The van der Waals surface area contributed by atoms with Crippen LogP contribution in [-0.4, -0.2) is 99.5 Å². The fraction of sp³-hybridized carbons (Fsp3) is 0.471. The van der Waals surface area contributed by atoms with Gasteiger partial charge in [0.25, 0.3) is 11.8 Å². The van der Waals surface area contributed by atoms with Crippen LogP contribution in [0.3, 0.4) is 0 Å². The first-order valence-corrected chi connectivity index (χ1v) is 15.8. The molecule has 2 aromatic carbocycles. The molecule has 13 nitrogen and oxygen atoms in total. The third-order valence-electron chi connectivity index (χ3n) is 7.33. The molecule has 47 heavy (non-hydrogen) atoms. The molecule has 0 saturated carbocycles. The molecule has 0 aromatic heterocycles. The first-order valence-electron chi connectivity index (χ1n) is 15.8. The molecule has 1 atom stereocenters. The van der Waals surface area contributed by atoms with Crippen molar-refractivity contribution in [2.45, 2.75) is 45.3 Å². The predicted molar refractivity (Wildman–Crippen MR) is 175 cm³/mol. The number of aliphatic hydroxyl groups excluding tert-OH is 1. The second-order valence-electron chi connectivity index (χ2n) is 10.9. The molecule has 1 aliphatic heterocycles. The van der Waals surface area contributed by atoms with Crippen molar-refractivity contribution in [1.29, 1.82) is 0 Å². The molecule has 0 aliphatic carbocycles. The van der Waals surface area contributed by atoms with Gasteiger partial charge in [-0.15, -0.1) is 0 Å². The average molecular weight is 655 g/mol. The average Bonchev–Trinajstić information content (AvgIpc) is 3.34. The van der Waals surface area contributed by atoms with E-state index >= 15 is 0 Å². The van der Waals surface area contributed by atoms with Crippen molar-refractivity contribution < 1.29 is 43.2 Å². The molecule has 2 aromatic rings. The van der Waals surface area contributed by atoms with Gasteiger partial charge in [0.2, 0.25) is 12.3 Å². The van der Waals surface area contributed by atoms with Gasteiger partial charge >= 0.3 is 0 Å². The van der Waals surface area contributed by atoms with Crippen LogP contribution < -0.4 is 20.7 Å². The first kappa shape index (κ1) is 37.2. The van der Waals surface area contributed by atoms with Gasteiger partial charge in [0, 0.05) is 30.5 Å². The Labute approximate surface area is 275 Å². The van der Waals surface area contributed by atoms with Crippen LogP contribution in [0.4, 0.5) is 5.69 Å². The summed E-state index contributed by atoms with van der Waals surface area (Å²) in [6.07, 6.45) is 2.94. The third-order valence-corrected chi connectivity index (χ3v) is 7.33. The second kappa shape index (κ2) is 20.7. The van der Waals surface area contributed by atoms with Crippen LogP contribution in [0, 0.1) is 0 Å². The molecular weight excluding hydrogens is 608 g/mol.